The minimum absolute atomic E-state index is 0.0189. The van der Waals surface area contributed by atoms with Crippen molar-refractivity contribution in [3.05, 3.63) is 50.2 Å². The lowest BCUT2D eigenvalue weighted by atomic mass is 10.0. The van der Waals surface area contributed by atoms with E-state index in [2.05, 4.69) is 4.98 Å². The SMILES string of the molecule is FC(F)(F)c1ccnc(Cl)c1-c1cc(Cl)cc(Cl)c1Cl. The molecule has 2 aromatic rings. The van der Waals surface area contributed by atoms with E-state index in [-0.39, 0.29) is 31.3 Å². The predicted molar refractivity (Wildman–Crippen MR) is 74.7 cm³/mol. The van der Waals surface area contributed by atoms with E-state index >= 15 is 0 Å². The van der Waals surface area contributed by atoms with Crippen molar-refractivity contribution in [2.75, 3.05) is 0 Å². The van der Waals surface area contributed by atoms with Crippen LogP contribution in [0.25, 0.3) is 11.1 Å². The number of nitrogens with zero attached hydrogens (tertiary/aromatic N) is 1. The molecular formula is C12H4Cl4F3N. The van der Waals surface area contributed by atoms with Crippen LogP contribution in [0, 0.1) is 0 Å². The van der Waals surface area contributed by atoms with Gasteiger partial charge in [-0.15, -0.1) is 0 Å². The minimum Gasteiger partial charge on any atom is -0.244 e. The quantitative estimate of drug-likeness (QED) is 0.424. The zero-order chi connectivity index (χ0) is 15.1. The number of aromatic nitrogens is 1. The van der Waals surface area contributed by atoms with Crippen LogP contribution in [0.1, 0.15) is 5.56 Å². The topological polar surface area (TPSA) is 12.9 Å². The van der Waals surface area contributed by atoms with E-state index in [0.29, 0.717) is 0 Å². The molecule has 0 radical (unpaired) electrons. The van der Waals surface area contributed by atoms with Crippen LogP contribution in [-0.4, -0.2) is 4.98 Å². The summed E-state index contributed by atoms with van der Waals surface area (Å²) in [6, 6.07) is 3.40. The first-order valence-corrected chi connectivity index (χ1v) is 6.59. The van der Waals surface area contributed by atoms with Crippen molar-refractivity contribution in [2.45, 2.75) is 6.18 Å². The molecule has 0 bridgehead atoms. The molecule has 0 saturated carbocycles. The van der Waals surface area contributed by atoms with Crippen LogP contribution >= 0.6 is 46.4 Å². The first-order valence-electron chi connectivity index (χ1n) is 5.08. The maximum atomic E-state index is 13.1. The highest BCUT2D eigenvalue weighted by Crippen LogP contribution is 2.44. The van der Waals surface area contributed by atoms with Crippen molar-refractivity contribution in [1.82, 2.24) is 4.98 Å². The summed E-state index contributed by atoms with van der Waals surface area (Å²) in [6.07, 6.45) is -3.64. The molecule has 1 aromatic heterocycles. The molecule has 0 aliphatic carbocycles. The summed E-state index contributed by atoms with van der Waals surface area (Å²) in [7, 11) is 0. The fourth-order valence-electron chi connectivity index (χ4n) is 1.67. The van der Waals surface area contributed by atoms with Crippen LogP contribution in [-0.2, 0) is 6.18 Å². The lowest BCUT2D eigenvalue weighted by Crippen LogP contribution is -2.08. The van der Waals surface area contributed by atoms with Crippen LogP contribution in [0.5, 0.6) is 0 Å². The minimum atomic E-state index is -4.61. The summed E-state index contributed by atoms with van der Waals surface area (Å²) >= 11 is 23.4. The second kappa shape index (κ2) is 5.60. The third-order valence-electron chi connectivity index (χ3n) is 2.47. The Morgan fingerprint density at radius 1 is 1.00 bits per heavy atom. The normalized spacial score (nSPS) is 11.8. The number of rotatable bonds is 1. The highest BCUT2D eigenvalue weighted by molar-refractivity contribution is 6.45. The average Bonchev–Trinajstić information content (AvgIpc) is 2.32. The maximum Gasteiger partial charge on any atom is 0.417 e. The molecule has 1 aromatic carbocycles. The Kier molecular flexibility index (Phi) is 4.40. The van der Waals surface area contributed by atoms with Crippen LogP contribution in [0.4, 0.5) is 13.2 Å². The zero-order valence-corrected chi connectivity index (χ0v) is 12.4. The molecular weight excluding hydrogens is 357 g/mol. The van der Waals surface area contributed by atoms with Gasteiger partial charge in [-0.25, -0.2) is 4.98 Å². The summed E-state index contributed by atoms with van der Waals surface area (Å²) in [5.41, 5.74) is -1.33. The number of halogens is 7. The highest BCUT2D eigenvalue weighted by atomic mass is 35.5. The maximum absolute atomic E-state index is 13.1. The van der Waals surface area contributed by atoms with Gasteiger partial charge in [0.05, 0.1) is 15.6 Å². The first kappa shape index (κ1) is 15.7. The van der Waals surface area contributed by atoms with Gasteiger partial charge in [-0.3, -0.25) is 0 Å². The fraction of sp³-hybridized carbons (Fsp3) is 0.0833. The van der Waals surface area contributed by atoms with E-state index in [1.807, 2.05) is 0 Å². The molecule has 0 unspecified atom stereocenters. The molecule has 0 N–H and O–H groups in total. The van der Waals surface area contributed by atoms with Gasteiger partial charge in [0.1, 0.15) is 5.15 Å². The van der Waals surface area contributed by atoms with Gasteiger partial charge in [-0.1, -0.05) is 46.4 Å². The molecule has 1 nitrogen and oxygen atoms in total. The van der Waals surface area contributed by atoms with Gasteiger partial charge in [0.15, 0.2) is 0 Å². The fourth-order valence-corrected chi connectivity index (χ4v) is 2.62. The van der Waals surface area contributed by atoms with E-state index in [1.54, 1.807) is 0 Å². The van der Waals surface area contributed by atoms with Crippen molar-refractivity contribution in [3.8, 4) is 11.1 Å². The lowest BCUT2D eigenvalue weighted by Gasteiger charge is -2.15. The Morgan fingerprint density at radius 3 is 2.25 bits per heavy atom. The molecule has 0 aliphatic rings. The molecule has 2 rings (SSSR count). The molecule has 20 heavy (non-hydrogen) atoms. The van der Waals surface area contributed by atoms with E-state index in [4.69, 9.17) is 46.4 Å². The number of alkyl halides is 3. The predicted octanol–water partition coefficient (Wildman–Crippen LogP) is 6.38. The van der Waals surface area contributed by atoms with Crippen molar-refractivity contribution in [1.29, 1.82) is 0 Å². The Labute approximate surface area is 132 Å². The standard InChI is InChI=1S/C12H4Cl4F3N/c13-5-3-6(10(15)8(14)4-5)9-7(12(17,18)19)1-2-20-11(9)16/h1-4H. The molecule has 0 fully saturated rings. The van der Waals surface area contributed by atoms with Gasteiger partial charge in [0.25, 0.3) is 0 Å². The lowest BCUT2D eigenvalue weighted by molar-refractivity contribution is -0.137. The van der Waals surface area contributed by atoms with Crippen LogP contribution in [0.15, 0.2) is 24.4 Å². The molecule has 0 saturated heterocycles. The van der Waals surface area contributed by atoms with E-state index in [0.717, 1.165) is 12.3 Å². The molecule has 8 heteroatoms. The molecule has 0 spiro atoms. The number of pyridine rings is 1. The Bertz CT molecular complexity index is 670. The summed E-state index contributed by atoms with van der Waals surface area (Å²) in [6.45, 7) is 0. The average molecular weight is 361 g/mol. The largest absolute Gasteiger partial charge is 0.417 e. The van der Waals surface area contributed by atoms with Crippen LogP contribution in [0.2, 0.25) is 20.2 Å². The van der Waals surface area contributed by atoms with Gasteiger partial charge >= 0.3 is 6.18 Å². The van der Waals surface area contributed by atoms with Crippen LogP contribution < -0.4 is 0 Å². The van der Waals surface area contributed by atoms with E-state index in [1.165, 1.54) is 12.1 Å². The monoisotopic (exact) mass is 359 g/mol. The summed E-state index contributed by atoms with van der Waals surface area (Å²) in [5.74, 6) is 0. The first-order chi connectivity index (χ1) is 9.21. The van der Waals surface area contributed by atoms with E-state index < -0.39 is 11.7 Å². The third kappa shape index (κ3) is 2.98. The Balaban J connectivity index is 2.83. The molecule has 0 amide bonds. The van der Waals surface area contributed by atoms with Gasteiger partial charge in [-0.05, 0) is 18.2 Å². The third-order valence-corrected chi connectivity index (χ3v) is 3.78. The van der Waals surface area contributed by atoms with Crippen molar-refractivity contribution in [3.63, 3.8) is 0 Å². The second-order valence-corrected chi connectivity index (χ2v) is 5.35. The zero-order valence-electron chi connectivity index (χ0n) is 9.40. The Morgan fingerprint density at radius 2 is 1.65 bits per heavy atom. The number of hydrogen-bond acceptors (Lipinski definition) is 1. The summed E-state index contributed by atoms with van der Waals surface area (Å²) in [4.78, 5) is 3.65. The molecule has 1 heterocycles. The van der Waals surface area contributed by atoms with E-state index in [9.17, 15) is 13.2 Å². The Hall–Kier alpha value is -0.680. The van der Waals surface area contributed by atoms with Gasteiger partial charge < -0.3 is 0 Å². The second-order valence-electron chi connectivity index (χ2n) is 3.77. The van der Waals surface area contributed by atoms with Crippen molar-refractivity contribution >= 4 is 46.4 Å². The molecule has 0 aliphatic heterocycles. The number of benzene rings is 1. The summed E-state index contributed by atoms with van der Waals surface area (Å²) in [5, 5.41) is -0.235. The molecule has 106 valence electrons. The van der Waals surface area contributed by atoms with Gasteiger partial charge in [-0.2, -0.15) is 13.2 Å². The number of hydrogen-bond donors (Lipinski definition) is 0. The van der Waals surface area contributed by atoms with Gasteiger partial charge in [0.2, 0.25) is 0 Å². The smallest absolute Gasteiger partial charge is 0.244 e. The van der Waals surface area contributed by atoms with Crippen molar-refractivity contribution < 1.29 is 13.2 Å². The highest BCUT2D eigenvalue weighted by Gasteiger charge is 2.35. The summed E-state index contributed by atoms with van der Waals surface area (Å²) < 4.78 is 39.2. The van der Waals surface area contributed by atoms with Crippen molar-refractivity contribution in [2.24, 2.45) is 0 Å². The van der Waals surface area contributed by atoms with Gasteiger partial charge in [0, 0.05) is 22.3 Å². The molecule has 0 atom stereocenters. The van der Waals surface area contributed by atoms with Crippen LogP contribution in [0.3, 0.4) is 0 Å².